The highest BCUT2D eigenvalue weighted by molar-refractivity contribution is 9.10. The number of aromatic nitrogens is 4. The van der Waals surface area contributed by atoms with E-state index in [2.05, 4.69) is 57.3 Å². The number of tetrazole rings is 1. The first kappa shape index (κ1) is 42.3. The van der Waals surface area contributed by atoms with Gasteiger partial charge in [-0.15, -0.1) is 15.0 Å². The lowest BCUT2D eigenvalue weighted by molar-refractivity contribution is -0.812. The topological polar surface area (TPSA) is 142 Å². The Bertz CT molecular complexity index is 2700. The first-order valence-electron chi connectivity index (χ1n) is 20.4. The van der Waals surface area contributed by atoms with E-state index < -0.39 is 17.7 Å². The van der Waals surface area contributed by atoms with Gasteiger partial charge in [0.2, 0.25) is 16.8 Å². The molecule has 7 aromatic rings. The van der Waals surface area contributed by atoms with Crippen molar-refractivity contribution < 1.29 is 33.1 Å². The molecule has 14 heteroatoms. The second-order valence-corrected chi connectivity index (χ2v) is 15.9. The molecule has 0 fully saturated rings. The van der Waals surface area contributed by atoms with E-state index in [9.17, 15) is 14.7 Å². The summed E-state index contributed by atoms with van der Waals surface area (Å²) >= 11 is 10.5. The van der Waals surface area contributed by atoms with Crippen molar-refractivity contribution in [1.82, 2.24) is 20.2 Å². The Hall–Kier alpha value is -6.41. The Morgan fingerprint density at radius 2 is 1.45 bits per heavy atom. The van der Waals surface area contributed by atoms with Crippen molar-refractivity contribution in [3.63, 3.8) is 0 Å². The summed E-state index contributed by atoms with van der Waals surface area (Å²) in [5, 5.41) is 25.8. The maximum Gasteiger partial charge on any atom is 0.508 e. The van der Waals surface area contributed by atoms with Crippen molar-refractivity contribution in [1.29, 1.82) is 0 Å². The molecular weight excluding hydrogens is 872 g/mol. The monoisotopic (exact) mass is 913 g/mol. The molecule has 0 amide bonds. The van der Waals surface area contributed by atoms with Crippen LogP contribution in [0.1, 0.15) is 55.4 Å². The van der Waals surface area contributed by atoms with Crippen LogP contribution >= 0.6 is 27.5 Å². The number of carbonyl (C=O) groups excluding carboxylic acids is 1. The largest absolute Gasteiger partial charge is 0.508 e. The van der Waals surface area contributed by atoms with E-state index in [0.717, 1.165) is 46.0 Å². The highest BCUT2D eigenvalue weighted by Gasteiger charge is 2.49. The Morgan fingerprint density at radius 3 is 2.05 bits per heavy atom. The fourth-order valence-electron chi connectivity index (χ4n) is 8.30. The lowest BCUT2D eigenvalue weighted by Crippen LogP contribution is -2.53. The lowest BCUT2D eigenvalue weighted by Gasteiger charge is -2.35. The Morgan fingerprint density at radius 1 is 0.839 bits per heavy atom. The van der Waals surface area contributed by atoms with Gasteiger partial charge in [-0.1, -0.05) is 140 Å². The number of amidine groups is 1. The van der Waals surface area contributed by atoms with E-state index in [4.69, 9.17) is 40.9 Å². The number of carboxylic acid groups (broad SMARTS) is 1. The SMILES string of the molecule is CCCCC1=NC(Cl)=C(C(=O)O)[N+]1(CCOC(=O)OCC)Cc1ccc2oc(-c3ccccc3-c3nnn(C(c4ccccc4)(c4ccccc4)c4ccccc4)n3)c(Br)c2c1. The molecule has 0 bridgehead atoms. The Balaban J connectivity index is 1.20. The number of rotatable bonds is 16. The van der Waals surface area contributed by atoms with Gasteiger partial charge in [-0.2, -0.15) is 4.99 Å². The zero-order valence-corrected chi connectivity index (χ0v) is 36.4. The van der Waals surface area contributed by atoms with Gasteiger partial charge in [-0.05, 0) is 69.4 Å². The minimum absolute atomic E-state index is 0.0796. The van der Waals surface area contributed by atoms with E-state index in [1.165, 1.54) is 0 Å². The molecule has 3 heterocycles. The van der Waals surface area contributed by atoms with Crippen molar-refractivity contribution in [3.8, 4) is 22.7 Å². The molecule has 0 aliphatic carbocycles. The number of aliphatic carboxylic acids is 1. The number of ether oxygens (including phenoxy) is 2. The highest BCUT2D eigenvalue weighted by atomic mass is 79.9. The number of carboxylic acids is 1. The number of nitrogens with zero attached hydrogens (tertiary/aromatic N) is 6. The molecule has 2 aromatic heterocycles. The summed E-state index contributed by atoms with van der Waals surface area (Å²) in [6, 6.07) is 44.0. The summed E-state index contributed by atoms with van der Waals surface area (Å²) in [5.41, 5.74) is 4.68. The maximum atomic E-state index is 12.9. The average Bonchev–Trinajstić information content (AvgIpc) is 3.98. The number of hydrogen-bond donors (Lipinski definition) is 1. The molecular formula is C48H43BrClN6O6+. The van der Waals surface area contributed by atoms with Crippen LogP contribution in [0.2, 0.25) is 0 Å². The number of halogens is 2. The molecule has 0 saturated carbocycles. The van der Waals surface area contributed by atoms with Gasteiger partial charge < -0.3 is 19.0 Å². The average molecular weight is 915 g/mol. The van der Waals surface area contributed by atoms with Gasteiger partial charge in [0.05, 0.1) is 11.1 Å². The van der Waals surface area contributed by atoms with Crippen LogP contribution in [0, 0.1) is 0 Å². The smallest absolute Gasteiger partial charge is 0.474 e. The van der Waals surface area contributed by atoms with Gasteiger partial charge in [0, 0.05) is 28.5 Å². The molecule has 62 heavy (non-hydrogen) atoms. The number of hydrogen-bond acceptors (Lipinski definition) is 9. The Kier molecular flexibility index (Phi) is 12.5. The van der Waals surface area contributed by atoms with Crippen LogP contribution in [0.25, 0.3) is 33.7 Å². The summed E-state index contributed by atoms with van der Waals surface area (Å²) in [7, 11) is 0. The van der Waals surface area contributed by atoms with E-state index in [1.54, 1.807) is 11.7 Å². The van der Waals surface area contributed by atoms with E-state index in [-0.39, 0.29) is 41.6 Å². The summed E-state index contributed by atoms with van der Waals surface area (Å²) in [4.78, 5) is 31.3. The molecule has 8 rings (SSSR count). The maximum absolute atomic E-state index is 12.9. The molecule has 12 nitrogen and oxygen atoms in total. The van der Waals surface area contributed by atoms with E-state index in [1.807, 2.05) is 104 Å². The van der Waals surface area contributed by atoms with Crippen LogP contribution in [0.15, 0.2) is 158 Å². The number of quaternary nitrogens is 1. The minimum Gasteiger partial charge on any atom is -0.474 e. The second kappa shape index (κ2) is 18.3. The molecule has 1 atom stereocenters. The van der Waals surface area contributed by atoms with Gasteiger partial charge in [0.15, 0.2) is 5.54 Å². The lowest BCUT2D eigenvalue weighted by atomic mass is 9.77. The van der Waals surface area contributed by atoms with Gasteiger partial charge >= 0.3 is 12.1 Å². The van der Waals surface area contributed by atoms with E-state index >= 15 is 0 Å². The number of furan rings is 1. The Labute approximate surface area is 371 Å². The van der Waals surface area contributed by atoms with Crippen molar-refractivity contribution in [2.24, 2.45) is 4.99 Å². The van der Waals surface area contributed by atoms with Gasteiger partial charge in [0.1, 0.15) is 31.0 Å². The van der Waals surface area contributed by atoms with Crippen molar-refractivity contribution in [3.05, 3.63) is 171 Å². The molecule has 1 aliphatic rings. The third-order valence-electron chi connectivity index (χ3n) is 11.1. The van der Waals surface area contributed by atoms with Crippen molar-refractivity contribution in [2.75, 3.05) is 19.8 Å². The molecule has 1 unspecified atom stereocenters. The molecule has 5 aromatic carbocycles. The van der Waals surface area contributed by atoms with Crippen molar-refractivity contribution >= 4 is 56.5 Å². The zero-order chi connectivity index (χ0) is 43.3. The van der Waals surface area contributed by atoms with Crippen LogP contribution < -0.4 is 0 Å². The summed E-state index contributed by atoms with van der Waals surface area (Å²) in [5.74, 6) is 0.330. The minimum atomic E-state index is -1.20. The summed E-state index contributed by atoms with van der Waals surface area (Å²) in [6.45, 7) is 4.01. The van der Waals surface area contributed by atoms with Crippen LogP contribution in [-0.4, -0.2) is 67.5 Å². The first-order valence-corrected chi connectivity index (χ1v) is 21.5. The zero-order valence-electron chi connectivity index (χ0n) is 34.1. The predicted octanol–water partition coefficient (Wildman–Crippen LogP) is 10.9. The molecule has 1 N–H and O–H groups in total. The third kappa shape index (κ3) is 7.83. The standard InChI is InChI=1S/C48H42BrClN6O6/c1-3-5-25-40-51-44(50)42(46(57)58)56(40,28-29-61-47(59)60-4-2)31-32-26-27-39-38(30-32)41(49)43(62-39)36-23-15-16-24-37(36)45-52-54-55(53-45)48(33-17-9-6-10-18-33,34-19-11-7-12-20-34)35-21-13-8-14-22-35/h6-24,26-27,30H,3-5,25,28-29,31H2,1-2H3/p+1. The molecule has 0 radical (unpaired) electrons. The van der Waals surface area contributed by atoms with Crippen LogP contribution in [-0.2, 0) is 26.4 Å². The highest BCUT2D eigenvalue weighted by Crippen LogP contribution is 2.44. The summed E-state index contributed by atoms with van der Waals surface area (Å²) in [6.07, 6.45) is 1.29. The third-order valence-corrected chi connectivity index (χ3v) is 12.2. The predicted molar refractivity (Wildman–Crippen MR) is 240 cm³/mol. The van der Waals surface area contributed by atoms with Gasteiger partial charge in [0.25, 0.3) is 5.70 Å². The fourth-order valence-corrected chi connectivity index (χ4v) is 9.25. The molecule has 314 valence electrons. The first-order chi connectivity index (χ1) is 30.2. The normalized spacial score (nSPS) is 15.2. The van der Waals surface area contributed by atoms with Gasteiger partial charge in [-0.3, -0.25) is 0 Å². The number of fused-ring (bicyclic) bond motifs is 1. The molecule has 0 spiro atoms. The number of carbonyl (C=O) groups is 2. The van der Waals surface area contributed by atoms with Crippen molar-refractivity contribution in [2.45, 2.75) is 45.2 Å². The number of unbranched alkanes of at least 4 members (excludes halogenated alkanes) is 1. The van der Waals surface area contributed by atoms with Gasteiger partial charge in [-0.25, -0.2) is 14.1 Å². The number of benzene rings is 5. The fraction of sp³-hybridized carbons (Fsp3) is 0.208. The molecule has 1 aliphatic heterocycles. The van der Waals surface area contributed by atoms with Crippen LogP contribution in [0.4, 0.5) is 4.79 Å². The summed E-state index contributed by atoms with van der Waals surface area (Å²) < 4.78 is 17.4. The van der Waals surface area contributed by atoms with Crippen LogP contribution in [0.5, 0.6) is 0 Å². The van der Waals surface area contributed by atoms with Crippen LogP contribution in [0.3, 0.4) is 0 Å². The van der Waals surface area contributed by atoms with E-state index in [0.29, 0.717) is 39.5 Å². The number of aliphatic imine (C=N–C) groups is 1. The second-order valence-electron chi connectivity index (χ2n) is 14.8. The quantitative estimate of drug-likeness (QED) is 0.0434. The molecule has 0 saturated heterocycles.